The van der Waals surface area contributed by atoms with Crippen LogP contribution in [0.5, 0.6) is 0 Å². The Morgan fingerprint density at radius 3 is 2.92 bits per heavy atom. The molecule has 1 atom stereocenters. The first kappa shape index (κ1) is 16.2. The smallest absolute Gasteiger partial charge is 0.292 e. The molecule has 0 bridgehead atoms. The predicted octanol–water partition coefficient (Wildman–Crippen LogP) is 1.02. The van der Waals surface area contributed by atoms with E-state index in [2.05, 4.69) is 15.1 Å². The molecule has 1 amide bonds. The van der Waals surface area contributed by atoms with Crippen LogP contribution in [0.4, 0.5) is 5.95 Å². The van der Waals surface area contributed by atoms with Gasteiger partial charge in [0, 0.05) is 45.2 Å². The Morgan fingerprint density at radius 2 is 2.25 bits per heavy atom. The molecule has 24 heavy (non-hydrogen) atoms. The van der Waals surface area contributed by atoms with Crippen LogP contribution in [0.1, 0.15) is 41.2 Å². The number of carbonyl (C=O) groups is 1. The molecule has 1 fully saturated rings. The van der Waals surface area contributed by atoms with E-state index in [4.69, 9.17) is 4.52 Å². The van der Waals surface area contributed by atoms with Gasteiger partial charge in [0.05, 0.1) is 11.4 Å². The Kier molecular flexibility index (Phi) is 4.37. The number of carbonyl (C=O) groups excluding carboxylic acids is 1. The zero-order valence-corrected chi connectivity index (χ0v) is 14.1. The summed E-state index contributed by atoms with van der Waals surface area (Å²) in [5, 5.41) is 3.86. The zero-order valence-electron chi connectivity index (χ0n) is 14.1. The fourth-order valence-corrected chi connectivity index (χ4v) is 2.81. The van der Waals surface area contributed by atoms with Gasteiger partial charge in [-0.1, -0.05) is 12.1 Å². The molecule has 1 aliphatic rings. The molecule has 1 saturated heterocycles. The molecule has 1 aliphatic heterocycles. The van der Waals surface area contributed by atoms with E-state index >= 15 is 0 Å². The van der Waals surface area contributed by atoms with Crippen LogP contribution in [0.25, 0.3) is 0 Å². The molecule has 3 rings (SSSR count). The molecule has 0 aromatic carbocycles. The van der Waals surface area contributed by atoms with Gasteiger partial charge in [0.25, 0.3) is 11.5 Å². The summed E-state index contributed by atoms with van der Waals surface area (Å²) in [7, 11) is 3.64. The minimum atomic E-state index is -0.184. The second-order valence-electron chi connectivity index (χ2n) is 6.16. The lowest BCUT2D eigenvalue weighted by Crippen LogP contribution is -2.28. The second-order valence-corrected chi connectivity index (χ2v) is 6.16. The highest BCUT2D eigenvalue weighted by atomic mass is 16.5. The Hall–Kier alpha value is -2.64. The van der Waals surface area contributed by atoms with Gasteiger partial charge in [0.15, 0.2) is 0 Å². The van der Waals surface area contributed by atoms with Crippen LogP contribution in [-0.4, -0.2) is 53.1 Å². The van der Waals surface area contributed by atoms with Crippen molar-refractivity contribution >= 4 is 11.9 Å². The number of aryl methyl sites for hydroxylation is 1. The number of rotatable bonds is 4. The number of aromatic nitrogens is 3. The normalized spacial score (nSPS) is 17.3. The molecule has 8 nitrogen and oxygen atoms in total. The molecule has 8 heteroatoms. The molecular formula is C16H21N5O3. The van der Waals surface area contributed by atoms with Gasteiger partial charge in [-0.3, -0.25) is 14.6 Å². The van der Waals surface area contributed by atoms with E-state index in [1.807, 2.05) is 21.0 Å². The topological polar surface area (TPSA) is 95.3 Å². The van der Waals surface area contributed by atoms with Crippen molar-refractivity contribution < 1.29 is 9.32 Å². The van der Waals surface area contributed by atoms with Gasteiger partial charge >= 0.3 is 0 Å². The molecule has 0 radical (unpaired) electrons. The van der Waals surface area contributed by atoms with Crippen molar-refractivity contribution in [3.63, 3.8) is 0 Å². The average molecular weight is 331 g/mol. The van der Waals surface area contributed by atoms with Crippen LogP contribution in [0, 0.1) is 0 Å². The molecule has 0 aliphatic carbocycles. The van der Waals surface area contributed by atoms with Crippen LogP contribution in [-0.2, 0) is 6.42 Å². The minimum absolute atomic E-state index is 0.0449. The van der Waals surface area contributed by atoms with Gasteiger partial charge in [0.2, 0.25) is 11.7 Å². The number of nitrogens with zero attached hydrogens (tertiary/aromatic N) is 4. The molecule has 0 saturated carbocycles. The van der Waals surface area contributed by atoms with Crippen molar-refractivity contribution in [2.45, 2.75) is 25.7 Å². The second kappa shape index (κ2) is 6.46. The van der Waals surface area contributed by atoms with Crippen molar-refractivity contribution in [1.82, 2.24) is 20.0 Å². The number of aromatic amines is 1. The lowest BCUT2D eigenvalue weighted by Gasteiger charge is -2.16. The Labute approximate surface area is 139 Å². The van der Waals surface area contributed by atoms with Gasteiger partial charge in [0.1, 0.15) is 0 Å². The van der Waals surface area contributed by atoms with Gasteiger partial charge in [-0.25, -0.2) is 4.98 Å². The quantitative estimate of drug-likeness (QED) is 0.898. The highest BCUT2D eigenvalue weighted by molar-refractivity contribution is 5.91. The van der Waals surface area contributed by atoms with Crippen molar-refractivity contribution in [2.75, 3.05) is 32.1 Å². The van der Waals surface area contributed by atoms with E-state index < -0.39 is 0 Å². The Balaban J connectivity index is 1.75. The zero-order chi connectivity index (χ0) is 17.3. The first-order valence-corrected chi connectivity index (χ1v) is 8.01. The van der Waals surface area contributed by atoms with E-state index in [0.29, 0.717) is 24.7 Å². The summed E-state index contributed by atoms with van der Waals surface area (Å²) >= 11 is 0. The monoisotopic (exact) mass is 331 g/mol. The molecule has 2 aromatic heterocycles. The van der Waals surface area contributed by atoms with E-state index in [1.54, 1.807) is 15.9 Å². The molecule has 3 heterocycles. The summed E-state index contributed by atoms with van der Waals surface area (Å²) in [6.07, 6.45) is 1.49. The maximum atomic E-state index is 12.5. The van der Waals surface area contributed by atoms with E-state index in [-0.39, 0.29) is 23.1 Å². The lowest BCUT2D eigenvalue weighted by molar-refractivity contribution is 0.0749. The fraction of sp³-hybridized carbons (Fsp3) is 0.500. The average Bonchev–Trinajstić information content (AvgIpc) is 3.23. The highest BCUT2D eigenvalue weighted by Gasteiger charge is 2.31. The van der Waals surface area contributed by atoms with Gasteiger partial charge in [-0.15, -0.1) is 0 Å². The first-order chi connectivity index (χ1) is 11.5. The van der Waals surface area contributed by atoms with Crippen LogP contribution in [0.3, 0.4) is 0 Å². The Bertz CT molecular complexity index is 795. The van der Waals surface area contributed by atoms with Crippen molar-refractivity contribution in [3.8, 4) is 0 Å². The highest BCUT2D eigenvalue weighted by Crippen LogP contribution is 2.27. The maximum absolute atomic E-state index is 12.5. The molecule has 1 N–H and O–H groups in total. The fourth-order valence-electron chi connectivity index (χ4n) is 2.81. The summed E-state index contributed by atoms with van der Waals surface area (Å²) in [4.78, 5) is 35.0. The van der Waals surface area contributed by atoms with Crippen molar-refractivity contribution in [3.05, 3.63) is 39.6 Å². The number of likely N-dealkylation sites (tertiary alicyclic amines) is 1. The number of H-pyrrole nitrogens is 1. The number of amides is 1. The van der Waals surface area contributed by atoms with Crippen LogP contribution in [0.15, 0.2) is 21.5 Å². The third-order valence-corrected chi connectivity index (χ3v) is 4.20. The number of hydrogen-bond acceptors (Lipinski definition) is 6. The standard InChI is InChI=1S/C16H21N5O3/c1-4-11-7-13(24-19-11)15(23)21-6-5-10(9-21)12-8-14(22)18-16(17-12)20(2)3/h7-8,10H,4-6,9H2,1-3H3,(H,17,18,22)/t10-/m0/s1. The summed E-state index contributed by atoms with van der Waals surface area (Å²) in [5.41, 5.74) is 1.29. The van der Waals surface area contributed by atoms with Crippen LogP contribution >= 0.6 is 0 Å². The van der Waals surface area contributed by atoms with Gasteiger partial charge < -0.3 is 14.3 Å². The third-order valence-electron chi connectivity index (χ3n) is 4.20. The summed E-state index contributed by atoms with van der Waals surface area (Å²) in [6.45, 7) is 3.08. The molecule has 0 spiro atoms. The number of nitrogens with one attached hydrogen (secondary N) is 1. The van der Waals surface area contributed by atoms with E-state index in [9.17, 15) is 9.59 Å². The summed E-state index contributed by atoms with van der Waals surface area (Å²) in [5.74, 6) is 0.663. The molecule has 2 aromatic rings. The maximum Gasteiger partial charge on any atom is 0.292 e. The lowest BCUT2D eigenvalue weighted by atomic mass is 10.1. The Morgan fingerprint density at radius 1 is 1.46 bits per heavy atom. The number of anilines is 1. The van der Waals surface area contributed by atoms with E-state index in [0.717, 1.165) is 18.5 Å². The van der Waals surface area contributed by atoms with E-state index in [1.165, 1.54) is 6.07 Å². The van der Waals surface area contributed by atoms with Crippen LogP contribution in [0.2, 0.25) is 0 Å². The minimum Gasteiger partial charge on any atom is -0.351 e. The molecular weight excluding hydrogens is 310 g/mol. The third kappa shape index (κ3) is 3.17. The predicted molar refractivity (Wildman–Crippen MR) is 88.3 cm³/mol. The molecule has 0 unspecified atom stereocenters. The van der Waals surface area contributed by atoms with Crippen molar-refractivity contribution in [1.29, 1.82) is 0 Å². The first-order valence-electron chi connectivity index (χ1n) is 8.01. The van der Waals surface area contributed by atoms with Gasteiger partial charge in [-0.2, -0.15) is 0 Å². The SMILES string of the molecule is CCc1cc(C(=O)N2CC[C@H](c3cc(=O)[nH]c(N(C)C)n3)C2)on1. The van der Waals surface area contributed by atoms with Crippen molar-refractivity contribution in [2.24, 2.45) is 0 Å². The molecule has 128 valence electrons. The van der Waals surface area contributed by atoms with Crippen LogP contribution < -0.4 is 10.5 Å². The summed E-state index contributed by atoms with van der Waals surface area (Å²) in [6, 6.07) is 3.20. The summed E-state index contributed by atoms with van der Waals surface area (Å²) < 4.78 is 5.12. The van der Waals surface area contributed by atoms with Gasteiger partial charge in [-0.05, 0) is 12.8 Å². The number of hydrogen-bond donors (Lipinski definition) is 1. The largest absolute Gasteiger partial charge is 0.351 e.